The maximum Gasteiger partial charge on any atom is 0.329 e. The quantitative estimate of drug-likeness (QED) is 0.494. The van der Waals surface area contributed by atoms with Gasteiger partial charge in [0.2, 0.25) is 0 Å². The van der Waals surface area contributed by atoms with Crippen LogP contribution in [0.4, 0.5) is 5.69 Å². The maximum absolute atomic E-state index is 11.9. The molecule has 1 aromatic carbocycles. The molecule has 1 atom stereocenters. The second-order valence-electron chi connectivity index (χ2n) is 4.13. The van der Waals surface area contributed by atoms with E-state index < -0.39 is 33.8 Å². The second kappa shape index (κ2) is 7.04. The Morgan fingerprint density at radius 2 is 1.86 bits per heavy atom. The molecule has 0 bridgehead atoms. The minimum Gasteiger partial charge on any atom is -0.467 e. The number of carbonyl (C=O) groups is 2. The van der Waals surface area contributed by atoms with Gasteiger partial charge in [-0.2, -0.15) is 8.42 Å². The number of esters is 1. The van der Waals surface area contributed by atoms with Gasteiger partial charge >= 0.3 is 5.97 Å². The summed E-state index contributed by atoms with van der Waals surface area (Å²) in [5.74, 6) is -2.58. The number of rotatable bonds is 6. The average Bonchev–Trinajstić information content (AvgIpc) is 2.44. The SMILES string of the molecule is CNc1ccc(C(=O)NC(CS(=O)(=O)O)C(=O)OC)cc1. The van der Waals surface area contributed by atoms with Gasteiger partial charge in [0, 0.05) is 18.3 Å². The fraction of sp³-hybridized carbons (Fsp3) is 0.333. The van der Waals surface area contributed by atoms with Gasteiger partial charge in [0.15, 0.2) is 0 Å². The maximum atomic E-state index is 11.9. The number of benzene rings is 1. The van der Waals surface area contributed by atoms with Crippen molar-refractivity contribution in [3.05, 3.63) is 29.8 Å². The van der Waals surface area contributed by atoms with Crippen molar-refractivity contribution in [1.82, 2.24) is 5.32 Å². The van der Waals surface area contributed by atoms with Crippen molar-refractivity contribution in [1.29, 1.82) is 0 Å². The highest BCUT2D eigenvalue weighted by molar-refractivity contribution is 7.85. The van der Waals surface area contributed by atoms with Crippen molar-refractivity contribution in [2.24, 2.45) is 0 Å². The summed E-state index contributed by atoms with van der Waals surface area (Å²) < 4.78 is 34.9. The summed E-state index contributed by atoms with van der Waals surface area (Å²) >= 11 is 0. The van der Waals surface area contributed by atoms with Gasteiger partial charge in [-0.15, -0.1) is 0 Å². The Hall–Kier alpha value is -2.13. The normalized spacial score (nSPS) is 12.3. The third kappa shape index (κ3) is 5.40. The Bertz CT molecular complexity index is 611. The first-order chi connectivity index (χ1) is 9.76. The van der Waals surface area contributed by atoms with E-state index in [-0.39, 0.29) is 5.56 Å². The number of nitrogens with one attached hydrogen (secondary N) is 2. The van der Waals surface area contributed by atoms with Crippen molar-refractivity contribution in [2.75, 3.05) is 25.2 Å². The number of anilines is 1. The van der Waals surface area contributed by atoms with Crippen LogP contribution in [0.1, 0.15) is 10.4 Å². The van der Waals surface area contributed by atoms with Gasteiger partial charge in [0.25, 0.3) is 16.0 Å². The summed E-state index contributed by atoms with van der Waals surface area (Å²) in [6, 6.07) is 4.81. The molecule has 0 spiro atoms. The van der Waals surface area contributed by atoms with Gasteiger partial charge in [-0.1, -0.05) is 0 Å². The first kappa shape index (κ1) is 16.9. The molecule has 9 heteroatoms. The van der Waals surface area contributed by atoms with Gasteiger partial charge in [0.1, 0.15) is 11.8 Å². The minimum atomic E-state index is -4.44. The zero-order valence-electron chi connectivity index (χ0n) is 11.5. The van der Waals surface area contributed by atoms with Gasteiger partial charge in [-0.05, 0) is 24.3 Å². The highest BCUT2D eigenvalue weighted by Crippen LogP contribution is 2.09. The van der Waals surface area contributed by atoms with Crippen molar-refractivity contribution in [2.45, 2.75) is 6.04 Å². The monoisotopic (exact) mass is 316 g/mol. The molecule has 0 aliphatic carbocycles. The van der Waals surface area contributed by atoms with Crippen LogP contribution in [0.5, 0.6) is 0 Å². The summed E-state index contributed by atoms with van der Waals surface area (Å²) in [6.07, 6.45) is 0. The first-order valence-corrected chi connectivity index (χ1v) is 7.49. The van der Waals surface area contributed by atoms with Crippen LogP contribution >= 0.6 is 0 Å². The zero-order valence-corrected chi connectivity index (χ0v) is 12.3. The van der Waals surface area contributed by atoms with Gasteiger partial charge in [-0.25, -0.2) is 4.79 Å². The van der Waals surface area contributed by atoms with Crippen LogP contribution in [0.15, 0.2) is 24.3 Å². The summed E-state index contributed by atoms with van der Waals surface area (Å²) in [5, 5.41) is 5.08. The van der Waals surface area contributed by atoms with Gasteiger partial charge in [0.05, 0.1) is 7.11 Å². The lowest BCUT2D eigenvalue weighted by molar-refractivity contribution is -0.142. The van der Waals surface area contributed by atoms with E-state index in [1.807, 2.05) is 0 Å². The third-order valence-corrected chi connectivity index (χ3v) is 3.36. The van der Waals surface area contributed by atoms with Crippen LogP contribution in [0, 0.1) is 0 Å². The van der Waals surface area contributed by atoms with Crippen LogP contribution in [-0.2, 0) is 19.6 Å². The number of carbonyl (C=O) groups excluding carboxylic acids is 2. The van der Waals surface area contributed by atoms with E-state index in [0.29, 0.717) is 0 Å². The molecule has 0 radical (unpaired) electrons. The molecule has 1 aromatic rings. The Labute approximate surface area is 122 Å². The van der Waals surface area contributed by atoms with Crippen molar-refractivity contribution < 1.29 is 27.3 Å². The average molecular weight is 316 g/mol. The highest BCUT2D eigenvalue weighted by atomic mass is 32.2. The van der Waals surface area contributed by atoms with E-state index in [0.717, 1.165) is 12.8 Å². The standard InChI is InChI=1S/C12H16N2O6S/c1-13-9-5-3-8(4-6-9)11(15)14-10(12(16)20-2)7-21(17,18)19/h3-6,10,13H,7H2,1-2H3,(H,14,15)(H,17,18,19). The fourth-order valence-corrected chi connectivity index (χ4v) is 2.19. The molecule has 116 valence electrons. The van der Waals surface area contributed by atoms with E-state index in [1.165, 1.54) is 12.1 Å². The molecular weight excluding hydrogens is 300 g/mol. The van der Waals surface area contributed by atoms with Crippen molar-refractivity contribution in [3.63, 3.8) is 0 Å². The summed E-state index contributed by atoms with van der Waals surface area (Å²) in [4.78, 5) is 23.4. The van der Waals surface area contributed by atoms with Crippen LogP contribution in [0.3, 0.4) is 0 Å². The lowest BCUT2D eigenvalue weighted by Gasteiger charge is -2.15. The summed E-state index contributed by atoms with van der Waals surface area (Å²) in [5.41, 5.74) is 1.02. The van der Waals surface area contributed by atoms with Crippen LogP contribution in [-0.4, -0.2) is 50.8 Å². The molecule has 0 aliphatic heterocycles. The lowest BCUT2D eigenvalue weighted by atomic mass is 10.2. The zero-order chi connectivity index (χ0) is 16.0. The first-order valence-electron chi connectivity index (χ1n) is 5.88. The minimum absolute atomic E-state index is 0.234. The number of methoxy groups -OCH3 is 1. The largest absolute Gasteiger partial charge is 0.467 e. The third-order valence-electron chi connectivity index (χ3n) is 2.60. The summed E-state index contributed by atoms with van der Waals surface area (Å²) in [6.45, 7) is 0. The molecule has 0 heterocycles. The van der Waals surface area contributed by atoms with E-state index in [9.17, 15) is 18.0 Å². The molecule has 0 aliphatic rings. The molecule has 1 unspecified atom stereocenters. The number of amides is 1. The van der Waals surface area contributed by atoms with Crippen LogP contribution < -0.4 is 10.6 Å². The number of hydrogen-bond acceptors (Lipinski definition) is 6. The van der Waals surface area contributed by atoms with Gasteiger partial charge < -0.3 is 15.4 Å². The smallest absolute Gasteiger partial charge is 0.329 e. The molecule has 0 aromatic heterocycles. The molecule has 0 fully saturated rings. The van der Waals surface area contributed by atoms with E-state index in [1.54, 1.807) is 19.2 Å². The predicted molar refractivity (Wildman–Crippen MR) is 75.7 cm³/mol. The fourth-order valence-electron chi connectivity index (χ4n) is 1.55. The molecule has 21 heavy (non-hydrogen) atoms. The van der Waals surface area contributed by atoms with Crippen LogP contribution in [0.25, 0.3) is 0 Å². The Kier molecular flexibility index (Phi) is 5.68. The van der Waals surface area contributed by atoms with Gasteiger partial charge in [-0.3, -0.25) is 9.35 Å². The number of hydrogen-bond donors (Lipinski definition) is 3. The molecule has 0 saturated heterocycles. The molecular formula is C12H16N2O6S. The number of ether oxygens (including phenoxy) is 1. The summed E-state index contributed by atoms with van der Waals surface area (Å²) in [7, 11) is -1.68. The Morgan fingerprint density at radius 3 is 2.29 bits per heavy atom. The molecule has 1 amide bonds. The molecule has 3 N–H and O–H groups in total. The van der Waals surface area contributed by atoms with Crippen LogP contribution in [0.2, 0.25) is 0 Å². The Balaban J connectivity index is 2.86. The molecule has 8 nitrogen and oxygen atoms in total. The van der Waals surface area contributed by atoms with E-state index in [4.69, 9.17) is 4.55 Å². The van der Waals surface area contributed by atoms with Crippen molar-refractivity contribution >= 4 is 27.7 Å². The molecule has 0 saturated carbocycles. The predicted octanol–water partition coefficient (Wildman–Crippen LogP) is -0.112. The molecule has 1 rings (SSSR count). The Morgan fingerprint density at radius 1 is 1.29 bits per heavy atom. The van der Waals surface area contributed by atoms with E-state index in [2.05, 4.69) is 15.4 Å². The topological polar surface area (TPSA) is 122 Å². The van der Waals surface area contributed by atoms with E-state index >= 15 is 0 Å². The second-order valence-corrected chi connectivity index (χ2v) is 5.62. The van der Waals surface area contributed by atoms with Crippen molar-refractivity contribution in [3.8, 4) is 0 Å². The lowest BCUT2D eigenvalue weighted by Crippen LogP contribution is -2.45. The highest BCUT2D eigenvalue weighted by Gasteiger charge is 2.27.